The molecule has 1 aromatic carbocycles. The van der Waals surface area contributed by atoms with E-state index in [9.17, 15) is 9.59 Å². The third kappa shape index (κ3) is 3.69. The molecule has 1 rings (SSSR count). The number of benzene rings is 1. The van der Waals surface area contributed by atoms with Crippen LogP contribution < -0.4 is 4.74 Å². The van der Waals surface area contributed by atoms with Crippen LogP contribution in [0.25, 0.3) is 0 Å². The van der Waals surface area contributed by atoms with Crippen LogP contribution in [0.15, 0.2) is 24.3 Å². The van der Waals surface area contributed by atoms with Crippen LogP contribution in [0.3, 0.4) is 0 Å². The van der Waals surface area contributed by atoms with Gasteiger partial charge in [0.25, 0.3) is 0 Å². The summed E-state index contributed by atoms with van der Waals surface area (Å²) in [7, 11) is 0. The molecule has 0 atom stereocenters. The zero-order valence-corrected chi connectivity index (χ0v) is 11.4. The highest BCUT2D eigenvalue weighted by atomic mass is 16.5. The van der Waals surface area contributed by atoms with E-state index < -0.39 is 5.41 Å². The summed E-state index contributed by atoms with van der Waals surface area (Å²) in [4.78, 5) is 24.0. The molecule has 3 heteroatoms. The average Bonchev–Trinajstić information content (AvgIpc) is 2.28. The zero-order valence-electron chi connectivity index (χ0n) is 11.4. The number of para-hydroxylation sites is 1. The highest BCUT2D eigenvalue weighted by Gasteiger charge is 2.25. The molecule has 1 aromatic rings. The maximum absolute atomic E-state index is 12.1. The second kappa shape index (κ2) is 5.80. The molecule has 0 bridgehead atoms. The van der Waals surface area contributed by atoms with Gasteiger partial charge in [0.05, 0.1) is 18.6 Å². The minimum atomic E-state index is -0.490. The smallest absolute Gasteiger partial charge is 0.173 e. The molecular weight excluding hydrogens is 228 g/mol. The minimum absolute atomic E-state index is 0.0567. The summed E-state index contributed by atoms with van der Waals surface area (Å²) < 4.78 is 5.39. The predicted molar refractivity (Wildman–Crippen MR) is 71.0 cm³/mol. The van der Waals surface area contributed by atoms with E-state index in [1.54, 1.807) is 18.2 Å². The van der Waals surface area contributed by atoms with Crippen molar-refractivity contribution in [2.24, 2.45) is 5.41 Å². The summed E-state index contributed by atoms with van der Waals surface area (Å²) in [6.07, 6.45) is -0.0758. The van der Waals surface area contributed by atoms with Crippen LogP contribution in [-0.2, 0) is 4.79 Å². The van der Waals surface area contributed by atoms with E-state index in [-0.39, 0.29) is 18.0 Å². The van der Waals surface area contributed by atoms with E-state index in [1.165, 1.54) is 0 Å². The van der Waals surface area contributed by atoms with E-state index in [2.05, 4.69) is 0 Å². The Hall–Kier alpha value is -1.64. The highest BCUT2D eigenvalue weighted by Crippen LogP contribution is 2.23. The Labute approximate surface area is 108 Å². The van der Waals surface area contributed by atoms with Gasteiger partial charge in [0.1, 0.15) is 11.5 Å². The number of Topliss-reactive ketones (excluding diaryl/α,β-unsaturated/α-hetero) is 2. The molecule has 0 aliphatic heterocycles. The van der Waals surface area contributed by atoms with Gasteiger partial charge in [0.2, 0.25) is 0 Å². The van der Waals surface area contributed by atoms with E-state index >= 15 is 0 Å². The van der Waals surface area contributed by atoms with Gasteiger partial charge >= 0.3 is 0 Å². The van der Waals surface area contributed by atoms with E-state index in [4.69, 9.17) is 4.74 Å². The lowest BCUT2D eigenvalue weighted by molar-refractivity contribution is -0.125. The van der Waals surface area contributed by atoms with Gasteiger partial charge in [-0.15, -0.1) is 0 Å². The van der Waals surface area contributed by atoms with Gasteiger partial charge in [-0.3, -0.25) is 9.59 Å². The second-order valence-corrected chi connectivity index (χ2v) is 5.20. The fourth-order valence-corrected chi connectivity index (χ4v) is 1.48. The van der Waals surface area contributed by atoms with Gasteiger partial charge in [-0.1, -0.05) is 32.9 Å². The van der Waals surface area contributed by atoms with E-state index in [0.29, 0.717) is 17.9 Å². The predicted octanol–water partition coefficient (Wildman–Crippen LogP) is 3.27. The van der Waals surface area contributed by atoms with Crippen molar-refractivity contribution in [3.63, 3.8) is 0 Å². The van der Waals surface area contributed by atoms with Crippen LogP contribution in [-0.4, -0.2) is 18.2 Å². The number of hydrogen-bond donors (Lipinski definition) is 0. The first kappa shape index (κ1) is 14.4. The van der Waals surface area contributed by atoms with Crippen LogP contribution in [0.1, 0.15) is 44.5 Å². The topological polar surface area (TPSA) is 43.4 Å². The van der Waals surface area contributed by atoms with Crippen molar-refractivity contribution < 1.29 is 14.3 Å². The molecule has 0 amide bonds. The lowest BCUT2D eigenvalue weighted by Crippen LogP contribution is -2.23. The molecule has 18 heavy (non-hydrogen) atoms. The summed E-state index contributed by atoms with van der Waals surface area (Å²) in [5.41, 5.74) is -0.00658. The van der Waals surface area contributed by atoms with Crippen LogP contribution in [0.4, 0.5) is 0 Å². The summed E-state index contributed by atoms with van der Waals surface area (Å²) in [5, 5.41) is 0. The van der Waals surface area contributed by atoms with Crippen LogP contribution >= 0.6 is 0 Å². The molecule has 0 saturated carbocycles. The number of rotatable bonds is 5. The van der Waals surface area contributed by atoms with Crippen LogP contribution in [0.2, 0.25) is 0 Å². The normalized spacial score (nSPS) is 11.1. The standard InChI is InChI=1S/C15H20O3/c1-5-18-13-9-7-6-8-11(13)12(16)10-14(17)15(2,3)4/h6-9H,5,10H2,1-4H3. The fourth-order valence-electron chi connectivity index (χ4n) is 1.48. The Morgan fingerprint density at radius 1 is 1.17 bits per heavy atom. The largest absolute Gasteiger partial charge is 0.493 e. The SMILES string of the molecule is CCOc1ccccc1C(=O)CC(=O)C(C)(C)C. The van der Waals surface area contributed by atoms with Gasteiger partial charge in [0.15, 0.2) is 5.78 Å². The number of ketones is 2. The Kier molecular flexibility index (Phi) is 4.65. The Morgan fingerprint density at radius 2 is 1.78 bits per heavy atom. The molecule has 98 valence electrons. The molecule has 0 saturated heterocycles. The van der Waals surface area contributed by atoms with Crippen LogP contribution in [0.5, 0.6) is 5.75 Å². The van der Waals surface area contributed by atoms with Crippen molar-refractivity contribution in [3.8, 4) is 5.75 Å². The molecule has 0 aromatic heterocycles. The maximum Gasteiger partial charge on any atom is 0.173 e. The van der Waals surface area contributed by atoms with Gasteiger partial charge < -0.3 is 4.74 Å². The minimum Gasteiger partial charge on any atom is -0.493 e. The molecule has 0 spiro atoms. The molecular formula is C15H20O3. The van der Waals surface area contributed by atoms with Crippen molar-refractivity contribution in [3.05, 3.63) is 29.8 Å². The Morgan fingerprint density at radius 3 is 2.33 bits per heavy atom. The fraction of sp³-hybridized carbons (Fsp3) is 0.467. The van der Waals surface area contributed by atoms with Crippen molar-refractivity contribution >= 4 is 11.6 Å². The molecule has 0 fully saturated rings. The molecule has 0 N–H and O–H groups in total. The van der Waals surface area contributed by atoms with Gasteiger partial charge in [0, 0.05) is 5.41 Å². The van der Waals surface area contributed by atoms with E-state index in [0.717, 1.165) is 0 Å². The molecule has 3 nitrogen and oxygen atoms in total. The summed E-state index contributed by atoms with van der Waals surface area (Å²) >= 11 is 0. The maximum atomic E-state index is 12.1. The number of ether oxygens (including phenoxy) is 1. The van der Waals surface area contributed by atoms with Crippen molar-refractivity contribution in [2.75, 3.05) is 6.61 Å². The third-order valence-electron chi connectivity index (χ3n) is 2.64. The van der Waals surface area contributed by atoms with E-state index in [1.807, 2.05) is 33.8 Å². The quantitative estimate of drug-likeness (QED) is 0.593. The van der Waals surface area contributed by atoms with Gasteiger partial charge in [-0.2, -0.15) is 0 Å². The van der Waals surface area contributed by atoms with Crippen molar-refractivity contribution in [1.29, 1.82) is 0 Å². The summed E-state index contributed by atoms with van der Waals surface area (Å²) in [6.45, 7) is 7.81. The number of hydrogen-bond acceptors (Lipinski definition) is 3. The first-order chi connectivity index (χ1) is 8.36. The average molecular weight is 248 g/mol. The van der Waals surface area contributed by atoms with Crippen molar-refractivity contribution in [1.82, 2.24) is 0 Å². The number of carbonyl (C=O) groups excluding carboxylic acids is 2. The zero-order chi connectivity index (χ0) is 13.8. The summed E-state index contributed by atoms with van der Waals surface area (Å²) in [6, 6.07) is 7.03. The van der Waals surface area contributed by atoms with Crippen molar-refractivity contribution in [2.45, 2.75) is 34.1 Å². The lowest BCUT2D eigenvalue weighted by Gasteiger charge is -2.16. The van der Waals surface area contributed by atoms with Gasteiger partial charge in [-0.25, -0.2) is 0 Å². The molecule has 0 aliphatic carbocycles. The molecule has 0 heterocycles. The first-order valence-electron chi connectivity index (χ1n) is 6.14. The third-order valence-corrected chi connectivity index (χ3v) is 2.64. The number of carbonyl (C=O) groups is 2. The highest BCUT2D eigenvalue weighted by molar-refractivity contribution is 6.10. The summed E-state index contributed by atoms with van der Waals surface area (Å²) in [5.74, 6) is 0.310. The lowest BCUT2D eigenvalue weighted by atomic mass is 9.87. The second-order valence-electron chi connectivity index (χ2n) is 5.20. The monoisotopic (exact) mass is 248 g/mol. The van der Waals surface area contributed by atoms with Gasteiger partial charge in [-0.05, 0) is 19.1 Å². The Balaban J connectivity index is 2.88. The molecule has 0 aliphatic rings. The molecule has 0 radical (unpaired) electrons. The van der Waals surface area contributed by atoms with Crippen LogP contribution in [0, 0.1) is 5.41 Å². The first-order valence-corrected chi connectivity index (χ1v) is 6.14. The molecule has 0 unspecified atom stereocenters. The Bertz CT molecular complexity index is 441.